The Kier molecular flexibility index (Phi) is 44.0. The SMILES string of the molecule is CCCCCCCCCCCCCCCCC[CH2][Al+][CH2]CCCCCCCCCCCCCCCCC.[I-]. The normalized spacial score (nSPS) is 11.0. The summed E-state index contributed by atoms with van der Waals surface area (Å²) in [5.74, 6) is 0. The van der Waals surface area contributed by atoms with Gasteiger partial charge in [0.05, 0.1) is 0 Å². The van der Waals surface area contributed by atoms with Crippen LogP contribution in [-0.2, 0) is 0 Å². The van der Waals surface area contributed by atoms with Gasteiger partial charge in [-0.3, -0.25) is 0 Å². The van der Waals surface area contributed by atoms with Gasteiger partial charge in [0.2, 0.25) is 0 Å². The monoisotopic (exact) mass is 660 g/mol. The molecule has 0 aliphatic rings. The second-order valence-corrected chi connectivity index (χ2v) is 14.2. The van der Waals surface area contributed by atoms with E-state index in [1.54, 1.807) is 10.6 Å². The number of rotatable bonds is 34. The van der Waals surface area contributed by atoms with E-state index in [1.807, 2.05) is 0 Å². The minimum atomic E-state index is 0. The van der Waals surface area contributed by atoms with E-state index in [1.165, 1.54) is 205 Å². The summed E-state index contributed by atoms with van der Waals surface area (Å²) in [5.41, 5.74) is 0. The molecule has 0 radical (unpaired) electrons. The molecular weight excluding hydrogens is 586 g/mol. The summed E-state index contributed by atoms with van der Waals surface area (Å²) in [5, 5.41) is 3.16. The van der Waals surface area contributed by atoms with Gasteiger partial charge in [-0.25, -0.2) is 0 Å². The van der Waals surface area contributed by atoms with Gasteiger partial charge in [0, 0.05) is 0 Å². The van der Waals surface area contributed by atoms with Gasteiger partial charge in [-0.15, -0.1) is 0 Å². The molecule has 0 aliphatic carbocycles. The van der Waals surface area contributed by atoms with Crippen molar-refractivity contribution in [2.75, 3.05) is 0 Å². The zero-order valence-electron chi connectivity index (χ0n) is 27.0. The van der Waals surface area contributed by atoms with Crippen molar-refractivity contribution in [1.29, 1.82) is 0 Å². The molecule has 0 amide bonds. The molecule has 0 bridgehead atoms. The van der Waals surface area contributed by atoms with Gasteiger partial charge in [-0.05, 0) is 0 Å². The van der Waals surface area contributed by atoms with Crippen molar-refractivity contribution >= 4 is 15.2 Å². The van der Waals surface area contributed by atoms with E-state index in [9.17, 15) is 0 Å². The fraction of sp³-hybridized carbons (Fsp3) is 1.00. The van der Waals surface area contributed by atoms with Crippen LogP contribution < -0.4 is 24.0 Å². The molecule has 0 saturated carbocycles. The summed E-state index contributed by atoms with van der Waals surface area (Å²) in [7, 11) is 0. The standard InChI is InChI=1S/2C18H37.Al.HI/c2*1-3-5-7-9-11-13-15-17-18-16-14-12-10-8-6-4-2;;/h2*1,3-18H2,2H3;;1H/q;;+1;/p-1. The molecule has 0 rings (SSSR count). The zero-order chi connectivity index (χ0) is 26.7. The molecule has 0 spiro atoms. The first-order chi connectivity index (χ1) is 18.4. The predicted octanol–water partition coefficient (Wildman–Crippen LogP) is 11.1. The predicted molar refractivity (Wildman–Crippen MR) is 174 cm³/mol. The molecule has 0 aromatic heterocycles. The third-order valence-corrected chi connectivity index (χ3v) is 10.2. The van der Waals surface area contributed by atoms with Crippen LogP contribution in [0.5, 0.6) is 0 Å². The number of unbranched alkanes of at least 4 members (excludes halogenated alkanes) is 30. The Bertz CT molecular complexity index is 338. The van der Waals surface area contributed by atoms with Gasteiger partial charge < -0.3 is 24.0 Å². The average molecular weight is 661 g/mol. The van der Waals surface area contributed by atoms with E-state index in [4.69, 9.17) is 0 Å². The molecule has 0 fully saturated rings. The van der Waals surface area contributed by atoms with Gasteiger partial charge in [-0.2, -0.15) is 0 Å². The van der Waals surface area contributed by atoms with Crippen LogP contribution >= 0.6 is 0 Å². The quantitative estimate of drug-likeness (QED) is 0.0366. The van der Waals surface area contributed by atoms with Crippen LogP contribution in [0.2, 0.25) is 10.6 Å². The Hall–Kier alpha value is 1.26. The van der Waals surface area contributed by atoms with Gasteiger partial charge in [-0.1, -0.05) is 78.1 Å². The summed E-state index contributed by atoms with van der Waals surface area (Å²) in [6.45, 7) is 4.62. The smallest absolute Gasteiger partial charge is 1.00 e. The molecule has 0 aromatic carbocycles. The third kappa shape index (κ3) is 39.4. The van der Waals surface area contributed by atoms with E-state index in [0.29, 0.717) is 0 Å². The molecule has 0 nitrogen and oxygen atoms in total. The van der Waals surface area contributed by atoms with Crippen molar-refractivity contribution in [3.8, 4) is 0 Å². The molecular formula is C36H74AlI. The fourth-order valence-corrected chi connectivity index (χ4v) is 7.26. The maximum atomic E-state index is 2.31. The van der Waals surface area contributed by atoms with Crippen molar-refractivity contribution in [2.24, 2.45) is 0 Å². The first-order valence-corrected chi connectivity index (χ1v) is 19.9. The van der Waals surface area contributed by atoms with E-state index >= 15 is 0 Å². The minimum Gasteiger partial charge on any atom is -1.00 e. The molecule has 228 valence electrons. The summed E-state index contributed by atoms with van der Waals surface area (Å²) in [6.07, 6.45) is 47.6. The van der Waals surface area contributed by atoms with Crippen LogP contribution in [-0.4, -0.2) is 15.2 Å². The average Bonchev–Trinajstić information content (AvgIpc) is 2.91. The Morgan fingerprint density at radius 1 is 0.237 bits per heavy atom. The van der Waals surface area contributed by atoms with Crippen LogP contribution in [0, 0.1) is 0 Å². The molecule has 38 heavy (non-hydrogen) atoms. The van der Waals surface area contributed by atoms with Crippen LogP contribution in [0.25, 0.3) is 0 Å². The summed E-state index contributed by atoms with van der Waals surface area (Å²) in [4.78, 5) is 0. The van der Waals surface area contributed by atoms with Gasteiger partial charge in [0.15, 0.2) is 0 Å². The van der Waals surface area contributed by atoms with Crippen molar-refractivity contribution in [1.82, 2.24) is 0 Å². The van der Waals surface area contributed by atoms with E-state index < -0.39 is 0 Å². The molecule has 0 aromatic rings. The van der Waals surface area contributed by atoms with E-state index in [-0.39, 0.29) is 24.0 Å². The second-order valence-electron chi connectivity index (χ2n) is 12.5. The van der Waals surface area contributed by atoms with E-state index in [0.717, 1.165) is 15.2 Å². The van der Waals surface area contributed by atoms with Gasteiger partial charge in [0.25, 0.3) is 0 Å². The molecule has 2 heteroatoms. The first kappa shape index (κ1) is 41.4. The Morgan fingerprint density at radius 2 is 0.395 bits per heavy atom. The summed E-state index contributed by atoms with van der Waals surface area (Å²) >= 11 is 0.768. The molecule has 0 N–H and O–H groups in total. The first-order valence-electron chi connectivity index (χ1n) is 18.2. The summed E-state index contributed by atoms with van der Waals surface area (Å²) in [6, 6.07) is 0. The minimum absolute atomic E-state index is 0. The zero-order valence-corrected chi connectivity index (χ0v) is 30.3. The molecule has 0 unspecified atom stereocenters. The van der Waals surface area contributed by atoms with Crippen LogP contribution in [0.1, 0.15) is 219 Å². The molecule has 0 atom stereocenters. The van der Waals surface area contributed by atoms with Gasteiger partial charge in [0.1, 0.15) is 0 Å². The number of halogens is 1. The maximum absolute atomic E-state index is 2.31. The van der Waals surface area contributed by atoms with Crippen LogP contribution in [0.15, 0.2) is 0 Å². The third-order valence-electron chi connectivity index (χ3n) is 8.52. The van der Waals surface area contributed by atoms with Crippen molar-refractivity contribution in [3.05, 3.63) is 0 Å². The second kappa shape index (κ2) is 40.4. The number of hydrogen-bond donors (Lipinski definition) is 0. The van der Waals surface area contributed by atoms with Gasteiger partial charge >= 0.3 is 167 Å². The molecule has 0 saturated heterocycles. The van der Waals surface area contributed by atoms with Crippen LogP contribution in [0.4, 0.5) is 0 Å². The van der Waals surface area contributed by atoms with Crippen LogP contribution in [0.3, 0.4) is 0 Å². The Balaban J connectivity index is 0. The Labute approximate surface area is 267 Å². The van der Waals surface area contributed by atoms with Crippen molar-refractivity contribution in [2.45, 2.75) is 230 Å². The van der Waals surface area contributed by atoms with Crippen molar-refractivity contribution < 1.29 is 24.0 Å². The molecule has 0 heterocycles. The summed E-state index contributed by atoms with van der Waals surface area (Å²) < 4.78 is 0. The fourth-order valence-electron chi connectivity index (χ4n) is 5.82. The Morgan fingerprint density at radius 3 is 0.579 bits per heavy atom. The number of hydrogen-bond acceptors (Lipinski definition) is 0. The molecule has 0 aliphatic heterocycles. The van der Waals surface area contributed by atoms with Crippen molar-refractivity contribution in [3.63, 3.8) is 0 Å². The topological polar surface area (TPSA) is 0 Å². The van der Waals surface area contributed by atoms with E-state index in [2.05, 4.69) is 13.8 Å².